The Hall–Kier alpha value is -0.690. The van der Waals surface area contributed by atoms with Gasteiger partial charge in [0, 0.05) is 62.4 Å². The summed E-state index contributed by atoms with van der Waals surface area (Å²) < 4.78 is 0. The fourth-order valence-corrected chi connectivity index (χ4v) is 4.34. The molecular weight excluding hydrogens is 270 g/mol. The third-order valence-corrected chi connectivity index (χ3v) is 5.82. The van der Waals surface area contributed by atoms with Gasteiger partial charge in [0.2, 0.25) is 0 Å². The number of anilines is 1. The maximum Gasteiger partial charge on any atom is 0.185 e. The zero-order valence-electron chi connectivity index (χ0n) is 12.5. The van der Waals surface area contributed by atoms with Gasteiger partial charge >= 0.3 is 0 Å². The molecule has 2 aliphatic heterocycles. The standard InChI is InChI=1S/C14H25N5S/c1-12-9-14(10-15,11-17(12)2)19-6-4-18(5-7-19)13-16-3-8-20-13/h3,8,12H,4-7,9-11,15H2,1-2H3. The van der Waals surface area contributed by atoms with Gasteiger partial charge in [-0.15, -0.1) is 11.3 Å². The highest BCUT2D eigenvalue weighted by molar-refractivity contribution is 7.13. The molecule has 3 rings (SSSR count). The van der Waals surface area contributed by atoms with Gasteiger partial charge in [-0.25, -0.2) is 4.98 Å². The first-order chi connectivity index (χ1) is 9.64. The molecule has 0 aliphatic carbocycles. The first-order valence-electron chi connectivity index (χ1n) is 7.44. The summed E-state index contributed by atoms with van der Waals surface area (Å²) in [4.78, 5) is 11.9. The van der Waals surface area contributed by atoms with E-state index in [1.807, 2.05) is 6.20 Å². The molecule has 2 fully saturated rings. The summed E-state index contributed by atoms with van der Waals surface area (Å²) in [6.45, 7) is 8.49. The summed E-state index contributed by atoms with van der Waals surface area (Å²) in [5, 5.41) is 3.21. The molecule has 3 heterocycles. The molecule has 2 aliphatic rings. The van der Waals surface area contributed by atoms with Crippen molar-refractivity contribution in [1.29, 1.82) is 0 Å². The van der Waals surface area contributed by atoms with Crippen LogP contribution in [0.4, 0.5) is 5.13 Å². The lowest BCUT2D eigenvalue weighted by atomic mass is 9.93. The summed E-state index contributed by atoms with van der Waals surface area (Å²) in [6, 6.07) is 0.635. The van der Waals surface area contributed by atoms with E-state index >= 15 is 0 Å². The highest BCUT2D eigenvalue weighted by Crippen LogP contribution is 2.32. The van der Waals surface area contributed by atoms with E-state index < -0.39 is 0 Å². The Kier molecular flexibility index (Phi) is 3.99. The van der Waals surface area contributed by atoms with Gasteiger partial charge in [-0.3, -0.25) is 4.90 Å². The van der Waals surface area contributed by atoms with E-state index in [4.69, 9.17) is 5.73 Å². The lowest BCUT2D eigenvalue weighted by Gasteiger charge is -2.45. The van der Waals surface area contributed by atoms with E-state index in [1.54, 1.807) is 11.3 Å². The Morgan fingerprint density at radius 1 is 1.40 bits per heavy atom. The Bertz CT molecular complexity index is 417. The minimum absolute atomic E-state index is 0.184. The SMILES string of the molecule is CC1CC(CN)(N2CCN(c3nccs3)CC2)CN1C. The van der Waals surface area contributed by atoms with Gasteiger partial charge < -0.3 is 15.5 Å². The van der Waals surface area contributed by atoms with Crippen molar-refractivity contribution < 1.29 is 0 Å². The lowest BCUT2D eigenvalue weighted by molar-refractivity contribution is 0.0944. The van der Waals surface area contributed by atoms with Crippen LogP contribution in [-0.4, -0.2) is 72.7 Å². The highest BCUT2D eigenvalue weighted by Gasteiger charge is 2.44. The van der Waals surface area contributed by atoms with Gasteiger partial charge in [0.15, 0.2) is 5.13 Å². The van der Waals surface area contributed by atoms with Crippen LogP contribution in [-0.2, 0) is 0 Å². The Labute approximate surface area is 125 Å². The molecule has 0 spiro atoms. The molecule has 0 amide bonds. The molecule has 6 heteroatoms. The van der Waals surface area contributed by atoms with Crippen molar-refractivity contribution in [2.75, 3.05) is 51.2 Å². The lowest BCUT2D eigenvalue weighted by Crippen LogP contribution is -2.61. The second-order valence-corrected chi connectivity index (χ2v) is 7.06. The third-order valence-electron chi connectivity index (χ3n) is 4.99. The van der Waals surface area contributed by atoms with E-state index in [2.05, 4.69) is 39.0 Å². The summed E-state index contributed by atoms with van der Waals surface area (Å²) in [5.74, 6) is 0. The van der Waals surface area contributed by atoms with Gasteiger partial charge in [0.05, 0.1) is 0 Å². The number of nitrogens with two attached hydrogens (primary N) is 1. The predicted octanol–water partition coefficient (Wildman–Crippen LogP) is 0.687. The van der Waals surface area contributed by atoms with Crippen LogP contribution >= 0.6 is 11.3 Å². The summed E-state index contributed by atoms with van der Waals surface area (Å²) >= 11 is 1.73. The van der Waals surface area contributed by atoms with Gasteiger partial charge in [-0.1, -0.05) is 0 Å². The largest absolute Gasteiger partial charge is 0.346 e. The Morgan fingerprint density at radius 2 is 2.15 bits per heavy atom. The van der Waals surface area contributed by atoms with E-state index in [0.717, 1.165) is 44.4 Å². The molecule has 2 N–H and O–H groups in total. The van der Waals surface area contributed by atoms with Gasteiger partial charge in [0.25, 0.3) is 0 Å². The summed E-state index contributed by atoms with van der Waals surface area (Å²) in [6.07, 6.45) is 3.08. The molecule has 0 saturated carbocycles. The molecule has 1 aromatic rings. The zero-order chi connectivity index (χ0) is 14.2. The molecule has 0 radical (unpaired) electrons. The number of piperazine rings is 1. The van der Waals surface area contributed by atoms with Gasteiger partial charge in [-0.05, 0) is 20.4 Å². The summed E-state index contributed by atoms with van der Waals surface area (Å²) in [7, 11) is 2.22. The van der Waals surface area contributed by atoms with Gasteiger partial charge in [-0.2, -0.15) is 0 Å². The second-order valence-electron chi connectivity index (χ2n) is 6.19. The van der Waals surface area contributed by atoms with Crippen LogP contribution in [0.5, 0.6) is 0 Å². The molecule has 2 saturated heterocycles. The number of thiazole rings is 1. The minimum Gasteiger partial charge on any atom is -0.346 e. The van der Waals surface area contributed by atoms with E-state index in [9.17, 15) is 0 Å². The van der Waals surface area contributed by atoms with Crippen LogP contribution in [0.25, 0.3) is 0 Å². The quantitative estimate of drug-likeness (QED) is 0.889. The third kappa shape index (κ3) is 2.45. The predicted molar refractivity (Wildman–Crippen MR) is 84.4 cm³/mol. The van der Waals surface area contributed by atoms with Crippen LogP contribution in [0.1, 0.15) is 13.3 Å². The number of rotatable bonds is 3. The molecule has 0 aromatic carbocycles. The summed E-state index contributed by atoms with van der Waals surface area (Å²) in [5.41, 5.74) is 6.34. The molecule has 1 aromatic heterocycles. The highest BCUT2D eigenvalue weighted by atomic mass is 32.1. The molecule has 112 valence electrons. The number of nitrogens with zero attached hydrogens (tertiary/aromatic N) is 4. The van der Waals surface area contributed by atoms with Crippen molar-refractivity contribution in [3.05, 3.63) is 11.6 Å². The van der Waals surface area contributed by atoms with Crippen molar-refractivity contribution in [2.24, 2.45) is 5.73 Å². The molecule has 0 bridgehead atoms. The first kappa shape index (κ1) is 14.3. The fraction of sp³-hybridized carbons (Fsp3) is 0.786. The Balaban J connectivity index is 1.65. The van der Waals surface area contributed by atoms with Crippen LogP contribution < -0.4 is 10.6 Å². The molecule has 2 unspecified atom stereocenters. The average molecular weight is 295 g/mol. The number of likely N-dealkylation sites (tertiary alicyclic amines) is 1. The molecule has 20 heavy (non-hydrogen) atoms. The molecule has 5 nitrogen and oxygen atoms in total. The van der Waals surface area contributed by atoms with Gasteiger partial charge in [0.1, 0.15) is 0 Å². The van der Waals surface area contributed by atoms with Crippen molar-refractivity contribution in [3.63, 3.8) is 0 Å². The number of likely N-dealkylation sites (N-methyl/N-ethyl adjacent to an activating group) is 1. The maximum absolute atomic E-state index is 6.16. The van der Waals surface area contributed by atoms with E-state index in [0.29, 0.717) is 6.04 Å². The van der Waals surface area contributed by atoms with Crippen molar-refractivity contribution >= 4 is 16.5 Å². The van der Waals surface area contributed by atoms with Crippen LogP contribution in [0.3, 0.4) is 0 Å². The number of hydrogen-bond donors (Lipinski definition) is 1. The zero-order valence-corrected chi connectivity index (χ0v) is 13.3. The van der Waals surface area contributed by atoms with E-state index in [1.165, 1.54) is 6.42 Å². The maximum atomic E-state index is 6.16. The number of hydrogen-bond acceptors (Lipinski definition) is 6. The van der Waals surface area contributed by atoms with Crippen molar-refractivity contribution in [1.82, 2.24) is 14.8 Å². The normalized spacial score (nSPS) is 33.0. The molecular formula is C14H25N5S. The van der Waals surface area contributed by atoms with Crippen LogP contribution in [0.2, 0.25) is 0 Å². The average Bonchev–Trinajstić information content (AvgIpc) is 3.09. The minimum atomic E-state index is 0.184. The fourth-order valence-electron chi connectivity index (χ4n) is 3.64. The van der Waals surface area contributed by atoms with E-state index in [-0.39, 0.29) is 5.54 Å². The topological polar surface area (TPSA) is 48.6 Å². The van der Waals surface area contributed by atoms with Crippen LogP contribution in [0.15, 0.2) is 11.6 Å². The first-order valence-corrected chi connectivity index (χ1v) is 8.32. The van der Waals surface area contributed by atoms with Crippen LogP contribution in [0, 0.1) is 0 Å². The smallest absolute Gasteiger partial charge is 0.185 e. The number of aromatic nitrogens is 1. The monoisotopic (exact) mass is 295 g/mol. The van der Waals surface area contributed by atoms with Crippen molar-refractivity contribution in [2.45, 2.75) is 24.9 Å². The second kappa shape index (κ2) is 5.60. The van der Waals surface area contributed by atoms with Crippen molar-refractivity contribution in [3.8, 4) is 0 Å². The molecule has 2 atom stereocenters. The Morgan fingerprint density at radius 3 is 2.65 bits per heavy atom.